The molecule has 0 bridgehead atoms. The summed E-state index contributed by atoms with van der Waals surface area (Å²) >= 11 is 0. The number of amides is 3. The van der Waals surface area contributed by atoms with E-state index in [0.29, 0.717) is 30.1 Å². The maximum Gasteiger partial charge on any atom is 0.321 e. The summed E-state index contributed by atoms with van der Waals surface area (Å²) < 4.78 is 19.1. The summed E-state index contributed by atoms with van der Waals surface area (Å²) in [6.45, 7) is 0.921. The van der Waals surface area contributed by atoms with Crippen LogP contribution in [0.2, 0.25) is 0 Å². The molecule has 1 atom stereocenters. The van der Waals surface area contributed by atoms with Gasteiger partial charge in [-0.2, -0.15) is 0 Å². The molecular weight excluding hydrogens is 381 g/mol. The van der Waals surface area contributed by atoms with Crippen LogP contribution in [0.3, 0.4) is 0 Å². The Morgan fingerprint density at radius 2 is 2.00 bits per heavy atom. The van der Waals surface area contributed by atoms with E-state index in [1.807, 2.05) is 12.1 Å². The molecule has 2 aliphatic heterocycles. The van der Waals surface area contributed by atoms with Gasteiger partial charge < -0.3 is 20.5 Å². The van der Waals surface area contributed by atoms with Crippen LogP contribution in [0.1, 0.15) is 23.5 Å². The van der Waals surface area contributed by atoms with E-state index in [4.69, 9.17) is 14.6 Å². The van der Waals surface area contributed by atoms with Gasteiger partial charge >= 0.3 is 6.03 Å². The molecule has 2 aromatic carbocycles. The Balaban J connectivity index is 0.000000755. The van der Waals surface area contributed by atoms with Gasteiger partial charge in [-0.25, -0.2) is 9.18 Å². The Bertz CT molecular complexity index is 950. The number of methoxy groups -OCH3 is 1. The van der Waals surface area contributed by atoms with Crippen LogP contribution >= 0.6 is 0 Å². The predicted molar refractivity (Wildman–Crippen MR) is 104 cm³/mol. The first-order chi connectivity index (χ1) is 14.0. The zero-order valence-corrected chi connectivity index (χ0v) is 15.6. The van der Waals surface area contributed by atoms with Gasteiger partial charge in [0.05, 0.1) is 7.11 Å². The number of benzene rings is 2. The number of carbonyl (C=O) groups excluding carboxylic acids is 2. The largest absolute Gasteiger partial charge is 0.497 e. The molecule has 1 saturated heterocycles. The van der Waals surface area contributed by atoms with Crippen molar-refractivity contribution in [2.24, 2.45) is 0 Å². The molecule has 2 heterocycles. The van der Waals surface area contributed by atoms with E-state index in [0.717, 1.165) is 11.3 Å². The van der Waals surface area contributed by atoms with Crippen molar-refractivity contribution in [3.63, 3.8) is 0 Å². The summed E-state index contributed by atoms with van der Waals surface area (Å²) in [7, 11) is 1.48. The number of halogens is 1. The minimum Gasteiger partial charge on any atom is -0.497 e. The minimum atomic E-state index is -0.405. The van der Waals surface area contributed by atoms with Gasteiger partial charge in [-0.15, -0.1) is 0 Å². The van der Waals surface area contributed by atoms with Crippen LogP contribution in [-0.2, 0) is 9.59 Å². The third-order valence-electron chi connectivity index (χ3n) is 4.78. The lowest BCUT2D eigenvalue weighted by molar-refractivity contribution is -0.123. The van der Waals surface area contributed by atoms with Gasteiger partial charge in [-0.1, -0.05) is 6.07 Å². The first-order valence-corrected chi connectivity index (χ1v) is 8.88. The topological polar surface area (TPSA) is 108 Å². The summed E-state index contributed by atoms with van der Waals surface area (Å²) in [5.41, 5.74) is 2.94. The summed E-state index contributed by atoms with van der Waals surface area (Å²) in [6, 6.07) is 9.86. The van der Waals surface area contributed by atoms with Crippen LogP contribution in [0.25, 0.3) is 0 Å². The Morgan fingerprint density at radius 3 is 2.66 bits per heavy atom. The van der Waals surface area contributed by atoms with Crippen LogP contribution in [0.4, 0.5) is 20.6 Å². The second-order valence-corrected chi connectivity index (χ2v) is 6.49. The van der Waals surface area contributed by atoms with E-state index in [1.165, 1.54) is 19.2 Å². The Morgan fingerprint density at radius 1 is 1.24 bits per heavy atom. The van der Waals surface area contributed by atoms with Crippen molar-refractivity contribution in [2.75, 3.05) is 30.4 Å². The molecule has 0 saturated carbocycles. The van der Waals surface area contributed by atoms with Crippen molar-refractivity contribution in [1.29, 1.82) is 0 Å². The SMILES string of the molecule is COc1cc(F)cc(C2CC(=O)Nc3cc(N4CCNC4=O)ccc32)c1.O=CO. The van der Waals surface area contributed by atoms with Crippen LogP contribution < -0.4 is 20.3 Å². The summed E-state index contributed by atoms with van der Waals surface area (Å²) in [6.07, 6.45) is 0.225. The number of nitrogens with one attached hydrogen (secondary N) is 2. The maximum absolute atomic E-state index is 13.9. The quantitative estimate of drug-likeness (QED) is 0.685. The fraction of sp³-hybridized carbons (Fsp3) is 0.250. The zero-order valence-electron chi connectivity index (χ0n) is 15.6. The van der Waals surface area contributed by atoms with Crippen molar-refractivity contribution in [3.8, 4) is 5.75 Å². The van der Waals surface area contributed by atoms with Gasteiger partial charge in [0.15, 0.2) is 0 Å². The number of carbonyl (C=O) groups is 3. The summed E-state index contributed by atoms with van der Waals surface area (Å²) in [5, 5.41) is 12.5. The zero-order chi connectivity index (χ0) is 21.0. The Kier molecular flexibility index (Phi) is 5.96. The molecule has 0 radical (unpaired) electrons. The maximum atomic E-state index is 13.9. The average molecular weight is 401 g/mol. The predicted octanol–water partition coefficient (Wildman–Crippen LogP) is 2.54. The highest BCUT2D eigenvalue weighted by Crippen LogP contribution is 2.40. The number of hydrogen-bond acceptors (Lipinski definition) is 4. The standard InChI is InChI=1S/C19H18FN3O3.CH2O2/c1-26-14-7-11(6-12(20)8-14)16-10-18(24)22-17-9-13(2-3-15(16)17)23-5-4-21-19(23)25;2-1-3/h2-3,6-9,16H,4-5,10H2,1H3,(H,21,25)(H,22,24);1H,(H,2,3). The number of nitrogens with zero attached hydrogens (tertiary/aromatic N) is 1. The molecular formula is C20H20FN3O5. The van der Waals surface area contributed by atoms with Crippen LogP contribution in [0.15, 0.2) is 36.4 Å². The van der Waals surface area contributed by atoms with Crippen LogP contribution in [0.5, 0.6) is 5.75 Å². The van der Waals surface area contributed by atoms with Crippen molar-refractivity contribution in [1.82, 2.24) is 5.32 Å². The van der Waals surface area contributed by atoms with E-state index in [2.05, 4.69) is 10.6 Å². The smallest absolute Gasteiger partial charge is 0.321 e. The number of rotatable bonds is 3. The number of urea groups is 1. The number of ether oxygens (including phenoxy) is 1. The number of hydrogen-bond donors (Lipinski definition) is 3. The van der Waals surface area contributed by atoms with Gasteiger partial charge in [-0.05, 0) is 35.4 Å². The van der Waals surface area contributed by atoms with Crippen molar-refractivity contribution in [3.05, 3.63) is 53.3 Å². The van der Waals surface area contributed by atoms with E-state index < -0.39 is 5.82 Å². The third kappa shape index (κ3) is 4.29. The van der Waals surface area contributed by atoms with Crippen LogP contribution in [0, 0.1) is 5.82 Å². The Hall–Kier alpha value is -3.62. The molecule has 0 aromatic heterocycles. The molecule has 8 nitrogen and oxygen atoms in total. The lowest BCUT2D eigenvalue weighted by atomic mass is 9.84. The number of carboxylic acid groups (broad SMARTS) is 1. The molecule has 3 amide bonds. The number of fused-ring (bicyclic) bond motifs is 1. The fourth-order valence-corrected chi connectivity index (χ4v) is 3.54. The normalized spacial score (nSPS) is 17.4. The lowest BCUT2D eigenvalue weighted by Gasteiger charge is -2.28. The molecule has 9 heteroatoms. The molecule has 29 heavy (non-hydrogen) atoms. The highest BCUT2D eigenvalue weighted by molar-refractivity contribution is 5.98. The monoisotopic (exact) mass is 401 g/mol. The third-order valence-corrected chi connectivity index (χ3v) is 4.78. The molecule has 1 fully saturated rings. The minimum absolute atomic E-state index is 0.145. The highest BCUT2D eigenvalue weighted by Gasteiger charge is 2.29. The number of anilines is 2. The van der Waals surface area contributed by atoms with Gasteiger partial charge in [0.1, 0.15) is 11.6 Å². The van der Waals surface area contributed by atoms with E-state index >= 15 is 0 Å². The van der Waals surface area contributed by atoms with Gasteiger partial charge in [-0.3, -0.25) is 14.5 Å². The Labute approximate surface area is 166 Å². The molecule has 0 spiro atoms. The lowest BCUT2D eigenvalue weighted by Crippen LogP contribution is -2.28. The summed E-state index contributed by atoms with van der Waals surface area (Å²) in [5.74, 6) is -0.409. The second kappa shape index (κ2) is 8.59. The van der Waals surface area contributed by atoms with Gasteiger partial charge in [0.2, 0.25) is 5.91 Å². The first kappa shape index (κ1) is 20.1. The van der Waals surface area contributed by atoms with Gasteiger partial charge in [0.25, 0.3) is 6.47 Å². The van der Waals surface area contributed by atoms with E-state index in [1.54, 1.807) is 17.0 Å². The molecule has 152 valence electrons. The molecule has 2 aromatic rings. The molecule has 0 aliphatic carbocycles. The molecule has 4 rings (SSSR count). The first-order valence-electron chi connectivity index (χ1n) is 8.88. The van der Waals surface area contributed by atoms with Crippen molar-refractivity contribution >= 4 is 29.8 Å². The highest BCUT2D eigenvalue weighted by atomic mass is 19.1. The molecule has 2 aliphatic rings. The van der Waals surface area contributed by atoms with E-state index in [-0.39, 0.29) is 30.7 Å². The van der Waals surface area contributed by atoms with Gasteiger partial charge in [0, 0.05) is 42.9 Å². The molecule has 3 N–H and O–H groups in total. The average Bonchev–Trinajstić information content (AvgIpc) is 3.12. The van der Waals surface area contributed by atoms with E-state index in [9.17, 15) is 14.0 Å². The fourth-order valence-electron chi connectivity index (χ4n) is 3.54. The second-order valence-electron chi connectivity index (χ2n) is 6.49. The summed E-state index contributed by atoms with van der Waals surface area (Å²) in [4.78, 5) is 34.1. The van der Waals surface area contributed by atoms with Crippen LogP contribution in [-0.4, -0.2) is 43.7 Å². The van der Waals surface area contributed by atoms with Crippen molar-refractivity contribution < 1.29 is 28.6 Å². The van der Waals surface area contributed by atoms with Crippen molar-refractivity contribution in [2.45, 2.75) is 12.3 Å². The molecule has 1 unspecified atom stereocenters.